The average Bonchev–Trinajstić information content (AvgIpc) is 3.04. The third kappa shape index (κ3) is 4.59. The highest BCUT2D eigenvalue weighted by Crippen LogP contribution is 2.36. The second-order valence-corrected chi connectivity index (χ2v) is 11.0. The minimum absolute atomic E-state index is 0.0873. The Balaban J connectivity index is 1.39. The maximum Gasteiger partial charge on any atom is 0.232 e. The third-order valence-corrected chi connectivity index (χ3v) is 7.77. The number of β-amino-alcohol motifs (C(OH)–C–C–N with tert-alkyl or cyclic N) is 1. The van der Waals surface area contributed by atoms with Gasteiger partial charge in [-0.05, 0) is 56.0 Å². The van der Waals surface area contributed by atoms with Gasteiger partial charge in [-0.2, -0.15) is 0 Å². The number of fused-ring (bicyclic) bond motifs is 1. The van der Waals surface area contributed by atoms with Crippen LogP contribution >= 0.6 is 0 Å². The molecule has 6 nitrogen and oxygen atoms in total. The van der Waals surface area contributed by atoms with E-state index in [1.807, 2.05) is 25.1 Å². The molecular weight excluding hydrogens is 410 g/mol. The van der Waals surface area contributed by atoms with Crippen LogP contribution in [-0.4, -0.2) is 63.4 Å². The van der Waals surface area contributed by atoms with E-state index < -0.39 is 16.1 Å². The Labute approximate surface area is 186 Å². The fourth-order valence-electron chi connectivity index (χ4n) is 5.02. The molecule has 0 radical (unpaired) electrons. The molecule has 2 heterocycles. The van der Waals surface area contributed by atoms with Crippen LogP contribution in [0, 0.1) is 13.8 Å². The molecule has 2 unspecified atom stereocenters. The van der Waals surface area contributed by atoms with Crippen LogP contribution in [0.3, 0.4) is 0 Å². The molecule has 0 spiro atoms. The van der Waals surface area contributed by atoms with E-state index in [0.717, 1.165) is 43.0 Å². The lowest BCUT2D eigenvalue weighted by molar-refractivity contribution is 0.109. The van der Waals surface area contributed by atoms with Crippen molar-refractivity contribution in [3.05, 3.63) is 58.7 Å². The summed E-state index contributed by atoms with van der Waals surface area (Å²) in [5.41, 5.74) is 6.49. The Morgan fingerprint density at radius 3 is 2.35 bits per heavy atom. The summed E-state index contributed by atoms with van der Waals surface area (Å²) in [5, 5.41) is 10.9. The second kappa shape index (κ2) is 8.45. The first-order valence-corrected chi connectivity index (χ1v) is 12.8. The van der Waals surface area contributed by atoms with Crippen molar-refractivity contribution in [3.63, 3.8) is 0 Å². The zero-order chi connectivity index (χ0) is 22.3. The normalized spacial score (nSPS) is 20.7. The zero-order valence-corrected chi connectivity index (χ0v) is 19.7. The van der Waals surface area contributed by atoms with E-state index in [9.17, 15) is 13.5 Å². The molecule has 7 heteroatoms. The fraction of sp³-hybridized carbons (Fsp3) is 0.500. The average molecular weight is 444 g/mol. The molecule has 0 aliphatic carbocycles. The van der Waals surface area contributed by atoms with Gasteiger partial charge in [0, 0.05) is 44.5 Å². The highest BCUT2D eigenvalue weighted by Gasteiger charge is 2.33. The van der Waals surface area contributed by atoms with Crippen LogP contribution in [0.15, 0.2) is 36.4 Å². The van der Waals surface area contributed by atoms with Crippen LogP contribution in [0.5, 0.6) is 0 Å². The maximum atomic E-state index is 12.1. The monoisotopic (exact) mass is 443 g/mol. The van der Waals surface area contributed by atoms with Gasteiger partial charge in [0.2, 0.25) is 10.0 Å². The van der Waals surface area contributed by atoms with Gasteiger partial charge in [0.1, 0.15) is 0 Å². The van der Waals surface area contributed by atoms with Crippen LogP contribution in [0.1, 0.15) is 35.3 Å². The summed E-state index contributed by atoms with van der Waals surface area (Å²) in [6.07, 6.45) is 1.34. The van der Waals surface area contributed by atoms with Gasteiger partial charge in [0.25, 0.3) is 0 Å². The van der Waals surface area contributed by atoms with E-state index in [1.165, 1.54) is 27.4 Å². The van der Waals surface area contributed by atoms with E-state index in [1.54, 1.807) is 0 Å². The Hall–Kier alpha value is -2.09. The highest BCUT2D eigenvalue weighted by atomic mass is 32.2. The van der Waals surface area contributed by atoms with Crippen LogP contribution < -0.4 is 9.21 Å². The lowest BCUT2D eigenvalue weighted by Gasteiger charge is -2.37. The second-order valence-electron chi connectivity index (χ2n) is 9.09. The minimum atomic E-state index is -3.30. The molecule has 2 aromatic rings. The van der Waals surface area contributed by atoms with Crippen molar-refractivity contribution in [1.29, 1.82) is 0 Å². The summed E-state index contributed by atoms with van der Waals surface area (Å²) in [7, 11) is -3.30. The molecule has 168 valence electrons. The summed E-state index contributed by atoms with van der Waals surface area (Å²) in [6.45, 7) is 10.5. The first-order chi connectivity index (χ1) is 14.6. The van der Waals surface area contributed by atoms with Gasteiger partial charge >= 0.3 is 0 Å². The van der Waals surface area contributed by atoms with E-state index in [-0.39, 0.29) is 6.04 Å². The van der Waals surface area contributed by atoms with Crippen molar-refractivity contribution in [2.24, 2.45) is 0 Å². The predicted molar refractivity (Wildman–Crippen MR) is 126 cm³/mol. The van der Waals surface area contributed by atoms with Gasteiger partial charge in [0.05, 0.1) is 18.0 Å². The molecule has 2 aromatic carbocycles. The molecular formula is C24H33N3O3S. The lowest BCUT2D eigenvalue weighted by Crippen LogP contribution is -2.47. The van der Waals surface area contributed by atoms with Gasteiger partial charge in [-0.25, -0.2) is 8.42 Å². The van der Waals surface area contributed by atoms with Gasteiger partial charge in [0.15, 0.2) is 0 Å². The molecule has 0 aromatic heterocycles. The summed E-state index contributed by atoms with van der Waals surface area (Å²) in [5.74, 6) is 0. The molecule has 1 N–H and O–H groups in total. The van der Waals surface area contributed by atoms with Crippen molar-refractivity contribution in [3.8, 4) is 0 Å². The van der Waals surface area contributed by atoms with Crippen molar-refractivity contribution < 1.29 is 13.5 Å². The van der Waals surface area contributed by atoms with Crippen molar-refractivity contribution in [2.45, 2.75) is 39.3 Å². The number of piperazine rings is 1. The van der Waals surface area contributed by atoms with E-state index in [4.69, 9.17) is 0 Å². The number of hydrogen-bond donors (Lipinski definition) is 1. The number of rotatable bonds is 5. The Kier molecular flexibility index (Phi) is 6.03. The molecule has 4 rings (SSSR count). The third-order valence-electron chi connectivity index (χ3n) is 6.50. The van der Waals surface area contributed by atoms with Crippen LogP contribution in [0.25, 0.3) is 0 Å². The largest absolute Gasteiger partial charge is 0.387 e. The van der Waals surface area contributed by atoms with Crippen molar-refractivity contribution in [2.75, 3.05) is 48.2 Å². The minimum Gasteiger partial charge on any atom is -0.387 e. The first-order valence-electron chi connectivity index (χ1n) is 11.0. The van der Waals surface area contributed by atoms with Gasteiger partial charge in [-0.15, -0.1) is 0 Å². The number of sulfonamides is 1. The fourth-order valence-corrected chi connectivity index (χ4v) is 6.28. The lowest BCUT2D eigenvalue weighted by atomic mass is 10.0. The van der Waals surface area contributed by atoms with Crippen LogP contribution in [0.2, 0.25) is 0 Å². The molecule has 31 heavy (non-hydrogen) atoms. The molecule has 2 aliphatic heterocycles. The summed E-state index contributed by atoms with van der Waals surface area (Å²) >= 11 is 0. The molecule has 0 saturated carbocycles. The number of aliphatic hydroxyl groups is 1. The Morgan fingerprint density at radius 2 is 1.71 bits per heavy atom. The Bertz CT molecular complexity index is 1060. The summed E-state index contributed by atoms with van der Waals surface area (Å²) < 4.78 is 25.7. The SMILES string of the molecule is Cc1ccc(N2CCN(CC(O)c3ccc4c(c3)CC(C)N4S(C)(=O)=O)CC2)c(C)c1. The maximum absolute atomic E-state index is 12.1. The van der Waals surface area contributed by atoms with E-state index in [2.05, 4.69) is 41.8 Å². The molecule has 0 amide bonds. The smallest absolute Gasteiger partial charge is 0.232 e. The molecule has 1 saturated heterocycles. The molecule has 1 fully saturated rings. The van der Waals surface area contributed by atoms with Gasteiger partial charge < -0.3 is 10.0 Å². The molecule has 2 atom stereocenters. The molecule has 2 aliphatic rings. The zero-order valence-electron chi connectivity index (χ0n) is 18.9. The quantitative estimate of drug-likeness (QED) is 0.770. The van der Waals surface area contributed by atoms with Crippen molar-refractivity contribution in [1.82, 2.24) is 4.90 Å². The van der Waals surface area contributed by atoms with Crippen LogP contribution in [0.4, 0.5) is 11.4 Å². The highest BCUT2D eigenvalue weighted by molar-refractivity contribution is 7.92. The predicted octanol–water partition coefficient (Wildman–Crippen LogP) is 2.87. The molecule has 0 bridgehead atoms. The van der Waals surface area contributed by atoms with Gasteiger partial charge in [-0.3, -0.25) is 9.21 Å². The number of aryl methyl sites for hydroxylation is 2. The number of hydrogen-bond acceptors (Lipinski definition) is 5. The van der Waals surface area contributed by atoms with E-state index >= 15 is 0 Å². The Morgan fingerprint density at radius 1 is 1.03 bits per heavy atom. The summed E-state index contributed by atoms with van der Waals surface area (Å²) in [6, 6.07) is 12.2. The number of aliphatic hydroxyl groups excluding tert-OH is 1. The first kappa shape index (κ1) is 22.1. The topological polar surface area (TPSA) is 64.1 Å². The summed E-state index contributed by atoms with van der Waals surface area (Å²) in [4.78, 5) is 4.73. The van der Waals surface area contributed by atoms with Crippen LogP contribution in [-0.2, 0) is 16.4 Å². The van der Waals surface area contributed by atoms with E-state index in [0.29, 0.717) is 13.0 Å². The number of anilines is 2. The van der Waals surface area contributed by atoms with Crippen molar-refractivity contribution >= 4 is 21.4 Å². The number of benzene rings is 2. The number of nitrogens with zero attached hydrogens (tertiary/aromatic N) is 3. The standard InChI is InChI=1S/C24H33N3O3S/c1-17-5-7-22(18(2)13-17)26-11-9-25(10-12-26)16-24(28)20-6-8-23-21(15-20)14-19(3)27(23)31(4,29)30/h5-8,13,15,19,24,28H,9-12,14,16H2,1-4H3. The van der Waals surface area contributed by atoms with Gasteiger partial charge in [-0.1, -0.05) is 29.8 Å².